The highest BCUT2D eigenvalue weighted by Gasteiger charge is 2.16. The highest BCUT2D eigenvalue weighted by atomic mass is 15.1. The fourth-order valence-electron chi connectivity index (χ4n) is 2.17. The third kappa shape index (κ3) is 1.33. The SMILES string of the molecule is CN1CCc2ccc(C3=CC=C[N]3)cc21. The maximum absolute atomic E-state index is 4.32. The van der Waals surface area contributed by atoms with E-state index in [-0.39, 0.29) is 0 Å². The van der Waals surface area contributed by atoms with Crippen LogP contribution in [0.5, 0.6) is 0 Å². The molecular formula is C13H13N2. The Kier molecular flexibility index (Phi) is 1.81. The summed E-state index contributed by atoms with van der Waals surface area (Å²) in [5.41, 5.74) is 5.09. The monoisotopic (exact) mass is 197 g/mol. The van der Waals surface area contributed by atoms with E-state index in [1.807, 2.05) is 12.3 Å². The zero-order valence-electron chi connectivity index (χ0n) is 8.77. The average Bonchev–Trinajstić information content (AvgIpc) is 2.88. The van der Waals surface area contributed by atoms with Crippen molar-refractivity contribution in [3.63, 3.8) is 0 Å². The van der Waals surface area contributed by atoms with Gasteiger partial charge in [-0.3, -0.25) is 5.32 Å². The molecule has 0 atom stereocenters. The van der Waals surface area contributed by atoms with Gasteiger partial charge in [0.25, 0.3) is 0 Å². The first kappa shape index (κ1) is 8.60. The molecule has 0 aliphatic carbocycles. The number of hydrogen-bond donors (Lipinski definition) is 0. The number of nitrogens with zero attached hydrogens (tertiary/aromatic N) is 2. The topological polar surface area (TPSA) is 17.3 Å². The molecule has 1 radical (unpaired) electrons. The van der Waals surface area contributed by atoms with Crippen LogP contribution in [-0.2, 0) is 6.42 Å². The molecule has 0 N–H and O–H groups in total. The molecule has 0 aromatic heterocycles. The van der Waals surface area contributed by atoms with Crippen LogP contribution >= 0.6 is 0 Å². The van der Waals surface area contributed by atoms with Gasteiger partial charge in [-0.1, -0.05) is 12.1 Å². The Balaban J connectivity index is 2.02. The van der Waals surface area contributed by atoms with Crippen LogP contribution in [-0.4, -0.2) is 13.6 Å². The quantitative estimate of drug-likeness (QED) is 0.674. The zero-order valence-corrected chi connectivity index (χ0v) is 8.77. The first-order valence-electron chi connectivity index (χ1n) is 5.27. The second-order valence-electron chi connectivity index (χ2n) is 4.04. The molecule has 2 heterocycles. The van der Waals surface area contributed by atoms with Crippen LogP contribution in [0.1, 0.15) is 11.1 Å². The van der Waals surface area contributed by atoms with Gasteiger partial charge in [-0.15, -0.1) is 0 Å². The molecule has 0 spiro atoms. The van der Waals surface area contributed by atoms with Crippen molar-refractivity contribution in [2.45, 2.75) is 6.42 Å². The lowest BCUT2D eigenvalue weighted by Gasteiger charge is -2.13. The second kappa shape index (κ2) is 3.16. The number of hydrogen-bond acceptors (Lipinski definition) is 1. The van der Waals surface area contributed by atoms with E-state index in [1.54, 1.807) is 0 Å². The second-order valence-corrected chi connectivity index (χ2v) is 4.04. The molecule has 0 unspecified atom stereocenters. The summed E-state index contributed by atoms with van der Waals surface area (Å²) < 4.78 is 0. The minimum Gasteiger partial charge on any atom is -0.374 e. The molecule has 15 heavy (non-hydrogen) atoms. The molecule has 0 saturated heterocycles. The third-order valence-corrected chi connectivity index (χ3v) is 3.06. The molecule has 75 valence electrons. The minimum absolute atomic E-state index is 1.07. The van der Waals surface area contributed by atoms with E-state index < -0.39 is 0 Å². The molecule has 0 bridgehead atoms. The summed E-state index contributed by atoms with van der Waals surface area (Å²) in [6.07, 6.45) is 7.04. The molecule has 2 nitrogen and oxygen atoms in total. The number of allylic oxidation sites excluding steroid dienone is 2. The maximum Gasteiger partial charge on any atom is 0.0703 e. The van der Waals surface area contributed by atoms with Crippen molar-refractivity contribution in [2.24, 2.45) is 0 Å². The first-order valence-corrected chi connectivity index (χ1v) is 5.27. The average molecular weight is 197 g/mol. The zero-order chi connectivity index (χ0) is 10.3. The van der Waals surface area contributed by atoms with Crippen molar-refractivity contribution in [3.8, 4) is 0 Å². The van der Waals surface area contributed by atoms with Gasteiger partial charge in [0, 0.05) is 31.0 Å². The van der Waals surface area contributed by atoms with Crippen molar-refractivity contribution in [1.29, 1.82) is 0 Å². The first-order chi connectivity index (χ1) is 7.34. The Morgan fingerprint density at radius 3 is 3.07 bits per heavy atom. The predicted molar refractivity (Wildman–Crippen MR) is 62.7 cm³/mol. The number of fused-ring (bicyclic) bond motifs is 1. The fourth-order valence-corrected chi connectivity index (χ4v) is 2.17. The van der Waals surface area contributed by atoms with E-state index in [1.165, 1.54) is 23.2 Å². The summed E-state index contributed by atoms with van der Waals surface area (Å²) in [5.74, 6) is 0. The van der Waals surface area contributed by atoms with Crippen LogP contribution < -0.4 is 10.2 Å². The Hall–Kier alpha value is -1.70. The lowest BCUT2D eigenvalue weighted by Crippen LogP contribution is -2.12. The molecule has 2 aliphatic heterocycles. The number of benzene rings is 1. The van der Waals surface area contributed by atoms with Gasteiger partial charge in [0.15, 0.2) is 0 Å². The normalized spacial score (nSPS) is 17.7. The molecule has 0 fully saturated rings. The summed E-state index contributed by atoms with van der Waals surface area (Å²) >= 11 is 0. The highest BCUT2D eigenvalue weighted by molar-refractivity contribution is 5.73. The molecular weight excluding hydrogens is 184 g/mol. The van der Waals surface area contributed by atoms with Gasteiger partial charge in [-0.2, -0.15) is 0 Å². The smallest absolute Gasteiger partial charge is 0.0703 e. The van der Waals surface area contributed by atoms with E-state index in [0.717, 1.165) is 12.2 Å². The van der Waals surface area contributed by atoms with Gasteiger partial charge in [-0.25, -0.2) is 0 Å². The van der Waals surface area contributed by atoms with Crippen LogP contribution in [0.15, 0.2) is 36.6 Å². The van der Waals surface area contributed by atoms with Gasteiger partial charge in [-0.05, 0) is 30.2 Å². The van der Waals surface area contributed by atoms with E-state index in [2.05, 4.69) is 41.5 Å². The van der Waals surface area contributed by atoms with Gasteiger partial charge in [0.2, 0.25) is 0 Å². The summed E-state index contributed by atoms with van der Waals surface area (Å²) in [5, 5.41) is 4.32. The van der Waals surface area contributed by atoms with Gasteiger partial charge in [0.05, 0.1) is 5.70 Å². The summed E-state index contributed by atoms with van der Waals surface area (Å²) in [6.45, 7) is 1.13. The van der Waals surface area contributed by atoms with E-state index in [9.17, 15) is 0 Å². The lowest BCUT2D eigenvalue weighted by molar-refractivity contribution is 0.956. The third-order valence-electron chi connectivity index (χ3n) is 3.06. The van der Waals surface area contributed by atoms with Gasteiger partial charge >= 0.3 is 0 Å². The Bertz CT molecular complexity index is 458. The Morgan fingerprint density at radius 2 is 2.27 bits per heavy atom. The van der Waals surface area contributed by atoms with Crippen molar-refractivity contribution in [3.05, 3.63) is 47.7 Å². The number of rotatable bonds is 1. The molecule has 0 amide bonds. The van der Waals surface area contributed by atoms with Crippen molar-refractivity contribution < 1.29 is 0 Å². The summed E-state index contributed by atoms with van der Waals surface area (Å²) in [7, 11) is 2.15. The molecule has 1 aromatic rings. The van der Waals surface area contributed by atoms with Crippen molar-refractivity contribution in [2.75, 3.05) is 18.5 Å². The van der Waals surface area contributed by atoms with E-state index >= 15 is 0 Å². The summed E-state index contributed by atoms with van der Waals surface area (Å²) in [6, 6.07) is 6.63. The summed E-state index contributed by atoms with van der Waals surface area (Å²) in [4.78, 5) is 2.31. The molecule has 3 rings (SSSR count). The van der Waals surface area contributed by atoms with Gasteiger partial charge in [0.1, 0.15) is 0 Å². The fraction of sp³-hybridized carbons (Fsp3) is 0.231. The van der Waals surface area contributed by atoms with E-state index in [4.69, 9.17) is 0 Å². The van der Waals surface area contributed by atoms with Crippen molar-refractivity contribution >= 4 is 11.4 Å². The predicted octanol–water partition coefficient (Wildman–Crippen LogP) is 2.15. The Morgan fingerprint density at radius 1 is 1.33 bits per heavy atom. The van der Waals surface area contributed by atoms with Crippen LogP contribution in [0.4, 0.5) is 5.69 Å². The van der Waals surface area contributed by atoms with E-state index in [0.29, 0.717) is 0 Å². The molecule has 0 saturated carbocycles. The largest absolute Gasteiger partial charge is 0.374 e. The maximum atomic E-state index is 4.32. The Labute approximate surface area is 89.9 Å². The number of anilines is 1. The van der Waals surface area contributed by atoms with Crippen LogP contribution in [0.25, 0.3) is 5.70 Å². The minimum atomic E-state index is 1.07. The molecule has 2 heteroatoms. The lowest BCUT2D eigenvalue weighted by atomic mass is 10.1. The molecule has 2 aliphatic rings. The van der Waals surface area contributed by atoms with Crippen LogP contribution in [0, 0.1) is 0 Å². The standard InChI is InChI=1S/C13H13N2/c1-15-8-6-10-4-5-11(9-13(10)15)12-3-2-7-14-12/h2-5,7,9H,6,8H2,1H3. The molecule has 1 aromatic carbocycles. The van der Waals surface area contributed by atoms with Crippen molar-refractivity contribution in [1.82, 2.24) is 5.32 Å². The number of likely N-dealkylation sites (N-methyl/N-ethyl adjacent to an activating group) is 1. The van der Waals surface area contributed by atoms with Gasteiger partial charge < -0.3 is 4.90 Å². The van der Waals surface area contributed by atoms with Crippen LogP contribution in [0.2, 0.25) is 0 Å². The van der Waals surface area contributed by atoms with Crippen LogP contribution in [0.3, 0.4) is 0 Å². The highest BCUT2D eigenvalue weighted by Crippen LogP contribution is 2.30.